The number of fused-ring (bicyclic) bond motifs is 1. The van der Waals surface area contributed by atoms with Gasteiger partial charge in [-0.2, -0.15) is 0 Å². The lowest BCUT2D eigenvalue weighted by atomic mass is 9.90. The Balaban J connectivity index is 1.78. The van der Waals surface area contributed by atoms with Gasteiger partial charge in [-0.3, -0.25) is 4.79 Å². The van der Waals surface area contributed by atoms with E-state index in [1.165, 1.54) is 0 Å². The maximum absolute atomic E-state index is 12.3. The molecular weight excluding hydrogens is 312 g/mol. The molecule has 0 atom stereocenters. The molecular formula is C22H16O3. The lowest BCUT2D eigenvalue weighted by Gasteiger charge is -2.12. The fraction of sp³-hybridized carbons (Fsp3) is 0.0455. The van der Waals surface area contributed by atoms with E-state index in [9.17, 15) is 9.90 Å². The zero-order valence-electron chi connectivity index (χ0n) is 13.7. The van der Waals surface area contributed by atoms with E-state index in [0.29, 0.717) is 16.9 Å². The molecule has 0 saturated heterocycles. The van der Waals surface area contributed by atoms with Gasteiger partial charge in [-0.05, 0) is 36.3 Å². The van der Waals surface area contributed by atoms with Crippen molar-refractivity contribution in [1.29, 1.82) is 0 Å². The second kappa shape index (κ2) is 5.95. The summed E-state index contributed by atoms with van der Waals surface area (Å²) in [7, 11) is 0. The number of allylic oxidation sites excluding steroid dienone is 2. The van der Waals surface area contributed by atoms with Crippen LogP contribution >= 0.6 is 0 Å². The van der Waals surface area contributed by atoms with Gasteiger partial charge in [0.25, 0.3) is 5.95 Å². The largest absolute Gasteiger partial charge is 0.480 e. The molecule has 1 N–H and O–H groups in total. The lowest BCUT2D eigenvalue weighted by Crippen LogP contribution is -2.04. The summed E-state index contributed by atoms with van der Waals surface area (Å²) < 4.78 is 5.49. The van der Waals surface area contributed by atoms with E-state index in [-0.39, 0.29) is 11.7 Å². The van der Waals surface area contributed by atoms with Gasteiger partial charge in [0.2, 0.25) is 0 Å². The van der Waals surface area contributed by atoms with Crippen LogP contribution < -0.4 is 0 Å². The molecule has 2 aromatic carbocycles. The van der Waals surface area contributed by atoms with Crippen molar-refractivity contribution < 1.29 is 14.3 Å². The normalized spacial score (nSPS) is 14.8. The molecule has 3 nitrogen and oxygen atoms in total. The first-order chi connectivity index (χ1) is 12.1. The number of furan rings is 1. The number of carbonyl (C=O) groups is 1. The summed E-state index contributed by atoms with van der Waals surface area (Å²) in [5.41, 5.74) is 4.90. The quantitative estimate of drug-likeness (QED) is 0.666. The van der Waals surface area contributed by atoms with Crippen LogP contribution in [0.5, 0.6) is 5.95 Å². The number of ketones is 1. The van der Waals surface area contributed by atoms with Gasteiger partial charge >= 0.3 is 0 Å². The Hall–Kier alpha value is -3.33. The first-order valence-electron chi connectivity index (χ1n) is 8.05. The Bertz CT molecular complexity index is 1020. The summed E-state index contributed by atoms with van der Waals surface area (Å²) >= 11 is 0. The molecule has 1 heterocycles. The minimum atomic E-state index is -0.192. The molecule has 0 radical (unpaired) electrons. The molecule has 0 saturated carbocycles. The molecule has 1 aromatic heterocycles. The predicted octanol–water partition coefficient (Wildman–Crippen LogP) is 5.10. The van der Waals surface area contributed by atoms with Gasteiger partial charge in [0.1, 0.15) is 5.76 Å². The van der Waals surface area contributed by atoms with Crippen molar-refractivity contribution in [2.45, 2.75) is 6.92 Å². The number of benzene rings is 2. The van der Waals surface area contributed by atoms with Crippen molar-refractivity contribution in [2.24, 2.45) is 0 Å². The second-order valence-electron chi connectivity index (χ2n) is 6.08. The van der Waals surface area contributed by atoms with Crippen LogP contribution in [0.4, 0.5) is 0 Å². The zero-order chi connectivity index (χ0) is 17.4. The monoisotopic (exact) mass is 328 g/mol. The van der Waals surface area contributed by atoms with Crippen LogP contribution in [0.15, 0.2) is 65.1 Å². The Morgan fingerprint density at radius 1 is 1.00 bits per heavy atom. The van der Waals surface area contributed by atoms with Crippen LogP contribution in [-0.2, 0) is 4.79 Å². The Kier molecular flexibility index (Phi) is 3.62. The van der Waals surface area contributed by atoms with E-state index in [4.69, 9.17) is 4.42 Å². The Morgan fingerprint density at radius 2 is 1.76 bits per heavy atom. The number of aryl methyl sites for hydroxylation is 1. The molecule has 3 heteroatoms. The molecule has 0 aliphatic heterocycles. The zero-order valence-corrected chi connectivity index (χ0v) is 13.7. The maximum atomic E-state index is 12.3. The molecule has 0 amide bonds. The topological polar surface area (TPSA) is 50.4 Å². The third-order valence-corrected chi connectivity index (χ3v) is 4.31. The van der Waals surface area contributed by atoms with Crippen LogP contribution in [0, 0.1) is 6.92 Å². The molecule has 0 bridgehead atoms. The standard InChI is InChI=1S/C22H16O3/c1-14-6-8-16(9-7-14)21-13-17(22(24)25-21)12-19-18-5-3-2-4-15(18)10-11-20(19)23/h2-13,24H,1H3/b19-12+. The van der Waals surface area contributed by atoms with E-state index in [1.807, 2.05) is 61.5 Å². The minimum absolute atomic E-state index is 0.0869. The van der Waals surface area contributed by atoms with Gasteiger partial charge in [-0.1, -0.05) is 60.2 Å². The number of aromatic hydroxyl groups is 1. The molecule has 25 heavy (non-hydrogen) atoms. The number of rotatable bonds is 2. The third kappa shape index (κ3) is 2.81. The molecule has 1 aliphatic carbocycles. The van der Waals surface area contributed by atoms with Crippen LogP contribution in [-0.4, -0.2) is 10.9 Å². The summed E-state index contributed by atoms with van der Waals surface area (Å²) in [4.78, 5) is 12.3. The predicted molar refractivity (Wildman–Crippen MR) is 98.9 cm³/mol. The molecule has 4 rings (SSSR count). The van der Waals surface area contributed by atoms with Gasteiger partial charge in [-0.15, -0.1) is 0 Å². The molecule has 122 valence electrons. The van der Waals surface area contributed by atoms with E-state index in [1.54, 1.807) is 18.2 Å². The number of carbonyl (C=O) groups excluding carboxylic acids is 1. The highest BCUT2D eigenvalue weighted by Gasteiger charge is 2.19. The van der Waals surface area contributed by atoms with Crippen LogP contribution in [0.2, 0.25) is 0 Å². The Morgan fingerprint density at radius 3 is 2.56 bits per heavy atom. The number of hydrogen-bond donors (Lipinski definition) is 1. The average molecular weight is 328 g/mol. The summed E-state index contributed by atoms with van der Waals surface area (Å²) in [6.07, 6.45) is 5.04. The van der Waals surface area contributed by atoms with Crippen molar-refractivity contribution in [1.82, 2.24) is 0 Å². The highest BCUT2D eigenvalue weighted by atomic mass is 16.5. The third-order valence-electron chi connectivity index (χ3n) is 4.31. The summed E-state index contributed by atoms with van der Waals surface area (Å²) in [6.45, 7) is 2.01. The van der Waals surface area contributed by atoms with Crippen molar-refractivity contribution >= 4 is 23.5 Å². The van der Waals surface area contributed by atoms with Crippen molar-refractivity contribution in [2.75, 3.05) is 0 Å². The van der Waals surface area contributed by atoms with Crippen LogP contribution in [0.3, 0.4) is 0 Å². The minimum Gasteiger partial charge on any atom is -0.480 e. The molecule has 1 aliphatic rings. The molecule has 3 aromatic rings. The van der Waals surface area contributed by atoms with Gasteiger partial charge in [-0.25, -0.2) is 0 Å². The second-order valence-corrected chi connectivity index (χ2v) is 6.08. The summed E-state index contributed by atoms with van der Waals surface area (Å²) in [5, 5.41) is 10.2. The van der Waals surface area contributed by atoms with E-state index in [2.05, 4.69) is 0 Å². The summed E-state index contributed by atoms with van der Waals surface area (Å²) in [6, 6.07) is 17.3. The van der Waals surface area contributed by atoms with Crippen LogP contribution in [0.1, 0.15) is 22.3 Å². The van der Waals surface area contributed by atoms with E-state index < -0.39 is 0 Å². The van der Waals surface area contributed by atoms with Crippen molar-refractivity contribution in [3.05, 3.63) is 82.9 Å². The fourth-order valence-corrected chi connectivity index (χ4v) is 2.94. The van der Waals surface area contributed by atoms with Crippen LogP contribution in [0.25, 0.3) is 29.0 Å². The molecule has 0 unspecified atom stereocenters. The first-order valence-corrected chi connectivity index (χ1v) is 8.05. The highest BCUT2D eigenvalue weighted by Crippen LogP contribution is 2.35. The molecule has 0 spiro atoms. The van der Waals surface area contributed by atoms with Gasteiger partial charge in [0, 0.05) is 11.1 Å². The highest BCUT2D eigenvalue weighted by molar-refractivity contribution is 6.33. The maximum Gasteiger partial charge on any atom is 0.289 e. The lowest BCUT2D eigenvalue weighted by molar-refractivity contribution is -0.109. The van der Waals surface area contributed by atoms with Gasteiger partial charge in [0.15, 0.2) is 5.78 Å². The summed E-state index contributed by atoms with van der Waals surface area (Å²) in [5.74, 6) is 0.288. The van der Waals surface area contributed by atoms with Crippen molar-refractivity contribution in [3.63, 3.8) is 0 Å². The van der Waals surface area contributed by atoms with Crippen molar-refractivity contribution in [3.8, 4) is 17.3 Å². The van der Waals surface area contributed by atoms with E-state index >= 15 is 0 Å². The SMILES string of the molecule is Cc1ccc(-c2cc(/C=C3/C(=O)C=Cc4ccccc43)c(O)o2)cc1. The number of hydrogen-bond acceptors (Lipinski definition) is 3. The first kappa shape index (κ1) is 15.2. The average Bonchev–Trinajstić information content (AvgIpc) is 2.99. The van der Waals surface area contributed by atoms with Gasteiger partial charge < -0.3 is 9.52 Å². The fourth-order valence-electron chi connectivity index (χ4n) is 2.94. The smallest absolute Gasteiger partial charge is 0.289 e. The molecule has 0 fully saturated rings. The van der Waals surface area contributed by atoms with Gasteiger partial charge in [0.05, 0.1) is 5.56 Å². The van der Waals surface area contributed by atoms with E-state index in [0.717, 1.165) is 22.3 Å². The Labute approximate surface area is 145 Å².